The van der Waals surface area contributed by atoms with Gasteiger partial charge in [-0.05, 0) is 0 Å². The fourth-order valence-corrected chi connectivity index (χ4v) is 33.2. The van der Waals surface area contributed by atoms with Crippen molar-refractivity contribution in [3.8, 4) is 0 Å². The molecule has 1 unspecified atom stereocenters. The van der Waals surface area contributed by atoms with Gasteiger partial charge in [0.25, 0.3) is 0 Å². The Labute approximate surface area is 178 Å². The van der Waals surface area contributed by atoms with Crippen molar-refractivity contribution in [3.63, 3.8) is 0 Å². The van der Waals surface area contributed by atoms with E-state index in [1.54, 1.807) is 23.3 Å². The molecule has 0 aliphatic carbocycles. The van der Waals surface area contributed by atoms with Crippen LogP contribution in [0.2, 0.25) is 13.3 Å². The van der Waals surface area contributed by atoms with Gasteiger partial charge >= 0.3 is 179 Å². The minimum atomic E-state index is -2.33. The van der Waals surface area contributed by atoms with Gasteiger partial charge in [-0.2, -0.15) is 0 Å². The monoisotopic (exact) mass is 538 g/mol. The molecule has 0 aliphatic heterocycles. The Morgan fingerprint density at radius 2 is 1.11 bits per heavy atom. The summed E-state index contributed by atoms with van der Waals surface area (Å²) in [4.78, 5) is 0. The van der Waals surface area contributed by atoms with Crippen molar-refractivity contribution in [3.05, 3.63) is 66.2 Å². The zero-order chi connectivity index (χ0) is 19.4. The summed E-state index contributed by atoms with van der Waals surface area (Å²) in [5, 5.41) is 0. The van der Waals surface area contributed by atoms with E-state index in [4.69, 9.17) is 0 Å². The molecule has 0 spiro atoms. The van der Waals surface area contributed by atoms with E-state index in [0.29, 0.717) is 15.0 Å². The summed E-state index contributed by atoms with van der Waals surface area (Å²) in [7, 11) is 0. The van der Waals surface area contributed by atoms with Crippen molar-refractivity contribution < 1.29 is 0 Å². The molecule has 2 rings (SSSR count). The molecule has 148 valence electrons. The molecule has 2 aromatic rings. The van der Waals surface area contributed by atoms with E-state index < -0.39 is 18.4 Å². The third kappa shape index (κ3) is 7.26. The van der Waals surface area contributed by atoms with Crippen molar-refractivity contribution in [1.82, 2.24) is 0 Å². The Bertz CT molecular complexity index is 589. The number of hydrogen-bond acceptors (Lipinski definition) is 0. The van der Waals surface area contributed by atoms with Crippen LogP contribution in [0.15, 0.2) is 60.7 Å². The number of unbranched alkanes of at least 4 members (excludes halogenated alkanes) is 3. The van der Waals surface area contributed by atoms with Gasteiger partial charge in [-0.15, -0.1) is 0 Å². The molecule has 0 heterocycles. The molecule has 0 amide bonds. The molecule has 0 aromatic heterocycles. The van der Waals surface area contributed by atoms with E-state index in [0.717, 1.165) is 2.83 Å². The molecule has 2 aromatic carbocycles. The Kier molecular flexibility index (Phi) is 11.2. The van der Waals surface area contributed by atoms with Crippen LogP contribution in [0.25, 0.3) is 0 Å². The molecule has 0 aliphatic rings. The molecule has 0 radical (unpaired) electrons. The van der Waals surface area contributed by atoms with E-state index in [9.17, 15) is 0 Å². The van der Waals surface area contributed by atoms with Gasteiger partial charge in [0.15, 0.2) is 0 Å². The van der Waals surface area contributed by atoms with Crippen LogP contribution in [0.1, 0.15) is 67.7 Å². The number of rotatable bonds is 13. The average molecular weight is 536 g/mol. The molecule has 0 bridgehead atoms. The van der Waals surface area contributed by atoms with E-state index >= 15 is 0 Å². The summed E-state index contributed by atoms with van der Waals surface area (Å²) in [6.07, 6.45) is 8.44. The van der Waals surface area contributed by atoms with Crippen LogP contribution in [0.4, 0.5) is 0 Å². The quantitative estimate of drug-likeness (QED) is 0.239. The zero-order valence-corrected chi connectivity index (χ0v) is 22.2. The maximum absolute atomic E-state index is 2.45. The summed E-state index contributed by atoms with van der Waals surface area (Å²) < 4.78 is 7.28. The molecule has 2 heteroatoms. The second-order valence-electron chi connectivity index (χ2n) is 7.89. The van der Waals surface area contributed by atoms with Crippen LogP contribution in [0, 0.1) is 0 Å². The van der Waals surface area contributed by atoms with Crippen LogP contribution < -0.4 is 4.46 Å². The van der Waals surface area contributed by atoms with E-state index in [-0.39, 0.29) is 0 Å². The van der Waals surface area contributed by atoms with Gasteiger partial charge in [0.2, 0.25) is 0 Å². The van der Waals surface area contributed by atoms with Gasteiger partial charge in [-0.1, -0.05) is 0 Å². The normalized spacial score (nSPS) is 12.9. The van der Waals surface area contributed by atoms with Crippen LogP contribution in [0.3, 0.4) is 0 Å². The fourth-order valence-electron chi connectivity index (χ4n) is 4.16. The van der Waals surface area contributed by atoms with E-state index in [2.05, 4.69) is 81.4 Å². The summed E-state index contributed by atoms with van der Waals surface area (Å²) in [5.74, 6) is 0. The third-order valence-electron chi connectivity index (χ3n) is 5.74. The van der Waals surface area contributed by atoms with Gasteiger partial charge in [0.1, 0.15) is 0 Å². The van der Waals surface area contributed by atoms with Crippen molar-refractivity contribution >= 4 is 37.8 Å². The van der Waals surface area contributed by atoms with Gasteiger partial charge in [-0.3, -0.25) is 0 Å². The van der Waals surface area contributed by atoms with Gasteiger partial charge in [0.05, 0.1) is 0 Å². The van der Waals surface area contributed by atoms with Gasteiger partial charge in [-0.25, -0.2) is 0 Å². The SMILES string of the molecule is CCC[CH2][Sn]([CH2]CCC)([CH2]CCC)[CH]([Se]c1ccccc1)c1ccccc1. The molecule has 0 fully saturated rings. The minimum absolute atomic E-state index is 0.563. The molecule has 0 saturated heterocycles. The first-order chi connectivity index (χ1) is 13.3. The molecule has 27 heavy (non-hydrogen) atoms. The molecule has 1 atom stereocenters. The molecule has 0 N–H and O–H groups in total. The first kappa shape index (κ1) is 23.0. The Morgan fingerprint density at radius 1 is 0.667 bits per heavy atom. The number of benzene rings is 2. The van der Waals surface area contributed by atoms with Crippen molar-refractivity contribution in [2.75, 3.05) is 0 Å². The van der Waals surface area contributed by atoms with Crippen LogP contribution in [-0.2, 0) is 0 Å². The summed E-state index contributed by atoms with van der Waals surface area (Å²) in [5.41, 5.74) is 1.67. The summed E-state index contributed by atoms with van der Waals surface area (Å²) >= 11 is -1.76. The summed E-state index contributed by atoms with van der Waals surface area (Å²) in [6, 6.07) is 23.0. The predicted molar refractivity (Wildman–Crippen MR) is 126 cm³/mol. The standard InChI is InChI=1S/C13H11Se.3C4H9.Sn/c1-3-7-12(8-4-1)11-14-13-9-5-2-6-10-13;3*1-3-4-2;/h1-11H;3*1,3-4H2,2H3;. The van der Waals surface area contributed by atoms with Crippen molar-refractivity contribution in [1.29, 1.82) is 0 Å². The van der Waals surface area contributed by atoms with Crippen LogP contribution in [0.5, 0.6) is 0 Å². The Morgan fingerprint density at radius 3 is 1.56 bits per heavy atom. The van der Waals surface area contributed by atoms with Crippen LogP contribution in [-0.4, -0.2) is 33.3 Å². The molecule has 0 saturated carbocycles. The molecular weight excluding hydrogens is 498 g/mol. The van der Waals surface area contributed by atoms with Crippen molar-refractivity contribution in [2.45, 2.75) is 75.4 Å². The average Bonchev–Trinajstić information content (AvgIpc) is 2.73. The van der Waals surface area contributed by atoms with Gasteiger partial charge < -0.3 is 0 Å². The Hall–Kier alpha value is -0.242. The maximum atomic E-state index is 2.45. The Balaban J connectivity index is 2.44. The zero-order valence-electron chi connectivity index (χ0n) is 17.6. The topological polar surface area (TPSA) is 0 Å². The van der Waals surface area contributed by atoms with Crippen molar-refractivity contribution in [2.24, 2.45) is 0 Å². The molecular formula is C25H38SeSn. The van der Waals surface area contributed by atoms with E-state index in [1.807, 2.05) is 0 Å². The van der Waals surface area contributed by atoms with Gasteiger partial charge in [0, 0.05) is 0 Å². The third-order valence-corrected chi connectivity index (χ3v) is 32.4. The number of hydrogen-bond donors (Lipinski definition) is 0. The van der Waals surface area contributed by atoms with Crippen LogP contribution >= 0.6 is 0 Å². The van der Waals surface area contributed by atoms with E-state index in [1.165, 1.54) is 38.5 Å². The summed E-state index contributed by atoms with van der Waals surface area (Å²) in [6.45, 7) is 7.16. The first-order valence-electron chi connectivity index (χ1n) is 11.0. The predicted octanol–water partition coefficient (Wildman–Crippen LogP) is 7.15. The second kappa shape index (κ2) is 13.1. The second-order valence-corrected chi connectivity index (χ2v) is 26.7. The first-order valence-corrected chi connectivity index (χ1v) is 20.6. The fraction of sp³-hybridized carbons (Fsp3) is 0.520. The molecule has 0 nitrogen and oxygen atoms in total.